The van der Waals surface area contributed by atoms with Crippen LogP contribution in [0.4, 0.5) is 5.82 Å². The fourth-order valence-corrected chi connectivity index (χ4v) is 2.47. The van der Waals surface area contributed by atoms with Crippen molar-refractivity contribution in [3.8, 4) is 5.75 Å². The Hall–Kier alpha value is -1.81. The van der Waals surface area contributed by atoms with Gasteiger partial charge in [-0.05, 0) is 13.0 Å². The van der Waals surface area contributed by atoms with E-state index in [0.717, 1.165) is 34.9 Å². The zero-order valence-corrected chi connectivity index (χ0v) is 12.2. The molecule has 4 nitrogen and oxygen atoms in total. The van der Waals surface area contributed by atoms with Crippen molar-refractivity contribution in [3.05, 3.63) is 46.4 Å². The van der Waals surface area contributed by atoms with Gasteiger partial charge >= 0.3 is 0 Å². The highest BCUT2D eigenvalue weighted by atomic mass is 35.5. The Kier molecular flexibility index (Phi) is 3.49. The van der Waals surface area contributed by atoms with Gasteiger partial charge in [0, 0.05) is 17.5 Å². The van der Waals surface area contributed by atoms with Gasteiger partial charge in [0.1, 0.15) is 29.2 Å². The van der Waals surface area contributed by atoms with E-state index in [1.54, 1.807) is 0 Å². The lowest BCUT2D eigenvalue weighted by Crippen LogP contribution is -2.15. The number of ether oxygens (including phenoxy) is 1. The van der Waals surface area contributed by atoms with Gasteiger partial charge in [-0.1, -0.05) is 36.7 Å². The van der Waals surface area contributed by atoms with Crippen LogP contribution >= 0.6 is 11.6 Å². The molecule has 1 aromatic carbocycles. The molecule has 0 aliphatic carbocycles. The van der Waals surface area contributed by atoms with Crippen molar-refractivity contribution in [3.63, 3.8) is 0 Å². The first-order valence-corrected chi connectivity index (χ1v) is 7.08. The molecule has 2 heterocycles. The highest BCUT2D eigenvalue weighted by molar-refractivity contribution is 6.30. The average molecular weight is 290 g/mol. The van der Waals surface area contributed by atoms with E-state index < -0.39 is 0 Å². The molecule has 0 spiro atoms. The monoisotopic (exact) mass is 289 g/mol. The summed E-state index contributed by atoms with van der Waals surface area (Å²) in [5.74, 6) is 2.46. The molecule has 1 aliphatic rings. The number of rotatable bonds is 3. The smallest absolute Gasteiger partial charge is 0.137 e. The first-order valence-electron chi connectivity index (χ1n) is 6.70. The maximum absolute atomic E-state index is 6.16. The first kappa shape index (κ1) is 13.2. The zero-order chi connectivity index (χ0) is 14.1. The molecule has 1 N–H and O–H groups in total. The van der Waals surface area contributed by atoms with Crippen LogP contribution in [0.2, 0.25) is 5.15 Å². The standard InChI is InChI=1S/C15H16ClN3O/c1-3-13-18-14(16)9(2)15(19-13)17-11-8-20-12-7-5-4-6-10(11)12/h4-7,11H,3,8H2,1-2H3,(H,17,18,19). The predicted molar refractivity (Wildman–Crippen MR) is 79.5 cm³/mol. The van der Waals surface area contributed by atoms with Crippen LogP contribution < -0.4 is 10.1 Å². The number of benzene rings is 1. The van der Waals surface area contributed by atoms with Crippen LogP contribution in [0.3, 0.4) is 0 Å². The summed E-state index contributed by atoms with van der Waals surface area (Å²) in [5.41, 5.74) is 2.02. The number of hydrogen-bond donors (Lipinski definition) is 1. The molecule has 104 valence electrons. The second-order valence-electron chi connectivity index (χ2n) is 4.80. The molecule has 1 aliphatic heterocycles. The van der Waals surface area contributed by atoms with Crippen molar-refractivity contribution in [1.29, 1.82) is 0 Å². The van der Waals surface area contributed by atoms with Gasteiger partial charge in [-0.15, -0.1) is 0 Å². The number of nitrogens with zero attached hydrogens (tertiary/aromatic N) is 2. The Morgan fingerprint density at radius 2 is 2.15 bits per heavy atom. The van der Waals surface area contributed by atoms with Gasteiger partial charge in [0.2, 0.25) is 0 Å². The van der Waals surface area contributed by atoms with Crippen LogP contribution in [-0.2, 0) is 6.42 Å². The van der Waals surface area contributed by atoms with Gasteiger partial charge < -0.3 is 10.1 Å². The molecule has 0 saturated carbocycles. The number of fused-ring (bicyclic) bond motifs is 1. The van der Waals surface area contributed by atoms with Gasteiger partial charge in [0.25, 0.3) is 0 Å². The van der Waals surface area contributed by atoms with Crippen LogP contribution in [0.25, 0.3) is 0 Å². The molecule has 0 fully saturated rings. The lowest BCUT2D eigenvalue weighted by Gasteiger charge is -2.15. The van der Waals surface area contributed by atoms with Crippen molar-refractivity contribution in [2.45, 2.75) is 26.3 Å². The third-order valence-electron chi connectivity index (χ3n) is 3.46. The van der Waals surface area contributed by atoms with E-state index in [9.17, 15) is 0 Å². The molecule has 2 aromatic rings. The normalized spacial score (nSPS) is 16.6. The molecule has 0 radical (unpaired) electrons. The second-order valence-corrected chi connectivity index (χ2v) is 5.16. The fourth-order valence-electron chi connectivity index (χ4n) is 2.28. The van der Waals surface area contributed by atoms with Gasteiger partial charge in [-0.3, -0.25) is 0 Å². The molecule has 1 aromatic heterocycles. The van der Waals surface area contributed by atoms with Crippen LogP contribution in [0, 0.1) is 6.92 Å². The van der Waals surface area contributed by atoms with Crippen molar-refractivity contribution < 1.29 is 4.74 Å². The van der Waals surface area contributed by atoms with E-state index in [-0.39, 0.29) is 6.04 Å². The van der Waals surface area contributed by atoms with Gasteiger partial charge in [0.05, 0.1) is 6.04 Å². The summed E-state index contributed by atoms with van der Waals surface area (Å²) in [4.78, 5) is 8.78. The Morgan fingerprint density at radius 3 is 2.95 bits per heavy atom. The first-order chi connectivity index (χ1) is 9.69. The van der Waals surface area contributed by atoms with Crippen LogP contribution in [0.15, 0.2) is 24.3 Å². The van der Waals surface area contributed by atoms with Crippen LogP contribution in [0.1, 0.15) is 29.9 Å². The summed E-state index contributed by atoms with van der Waals surface area (Å²) < 4.78 is 5.67. The topological polar surface area (TPSA) is 47.0 Å². The minimum Gasteiger partial charge on any atom is -0.491 e. The largest absolute Gasteiger partial charge is 0.491 e. The van der Waals surface area contributed by atoms with E-state index >= 15 is 0 Å². The van der Waals surface area contributed by atoms with E-state index in [2.05, 4.69) is 21.4 Å². The summed E-state index contributed by atoms with van der Waals surface area (Å²) in [6.07, 6.45) is 0.756. The number of aromatic nitrogens is 2. The lowest BCUT2D eigenvalue weighted by atomic mass is 10.1. The molecule has 3 rings (SSSR count). The number of para-hydroxylation sites is 1. The van der Waals surface area contributed by atoms with E-state index in [1.807, 2.05) is 32.0 Å². The van der Waals surface area contributed by atoms with E-state index in [1.165, 1.54) is 0 Å². The lowest BCUT2D eigenvalue weighted by molar-refractivity contribution is 0.339. The highest BCUT2D eigenvalue weighted by Gasteiger charge is 2.24. The molecular formula is C15H16ClN3O. The summed E-state index contributed by atoms with van der Waals surface area (Å²) in [5, 5.41) is 3.93. The number of anilines is 1. The number of hydrogen-bond acceptors (Lipinski definition) is 4. The summed E-state index contributed by atoms with van der Waals surface area (Å²) >= 11 is 6.16. The van der Waals surface area contributed by atoms with Crippen molar-refractivity contribution in [2.75, 3.05) is 11.9 Å². The summed E-state index contributed by atoms with van der Waals surface area (Å²) in [6.45, 7) is 4.53. The van der Waals surface area contributed by atoms with Crippen LogP contribution in [-0.4, -0.2) is 16.6 Å². The van der Waals surface area contributed by atoms with Gasteiger partial charge in [0.15, 0.2) is 0 Å². The van der Waals surface area contributed by atoms with E-state index in [0.29, 0.717) is 11.8 Å². The fraction of sp³-hybridized carbons (Fsp3) is 0.333. The molecular weight excluding hydrogens is 274 g/mol. The number of halogens is 1. The Bertz CT molecular complexity index is 645. The molecule has 20 heavy (non-hydrogen) atoms. The van der Waals surface area contributed by atoms with Crippen molar-refractivity contribution in [2.24, 2.45) is 0 Å². The zero-order valence-electron chi connectivity index (χ0n) is 11.5. The quantitative estimate of drug-likeness (QED) is 0.878. The summed E-state index contributed by atoms with van der Waals surface area (Å²) in [7, 11) is 0. The minimum absolute atomic E-state index is 0.0978. The van der Waals surface area contributed by atoms with Crippen molar-refractivity contribution in [1.82, 2.24) is 9.97 Å². The van der Waals surface area contributed by atoms with Gasteiger partial charge in [-0.25, -0.2) is 9.97 Å². The molecule has 0 saturated heterocycles. The molecule has 1 unspecified atom stereocenters. The van der Waals surface area contributed by atoms with Gasteiger partial charge in [-0.2, -0.15) is 0 Å². The molecule has 0 amide bonds. The number of nitrogens with one attached hydrogen (secondary N) is 1. The summed E-state index contributed by atoms with van der Waals surface area (Å²) in [6, 6.07) is 8.14. The minimum atomic E-state index is 0.0978. The maximum Gasteiger partial charge on any atom is 0.137 e. The third-order valence-corrected chi connectivity index (χ3v) is 3.83. The SMILES string of the molecule is CCc1nc(Cl)c(C)c(NC2COc3ccccc32)n1. The average Bonchev–Trinajstić information content (AvgIpc) is 2.87. The maximum atomic E-state index is 6.16. The van der Waals surface area contributed by atoms with Crippen LogP contribution in [0.5, 0.6) is 5.75 Å². The Labute approximate surface area is 123 Å². The van der Waals surface area contributed by atoms with E-state index in [4.69, 9.17) is 16.3 Å². The molecule has 5 heteroatoms. The molecule has 1 atom stereocenters. The Balaban J connectivity index is 1.91. The Morgan fingerprint density at radius 1 is 1.35 bits per heavy atom. The second kappa shape index (κ2) is 5.29. The highest BCUT2D eigenvalue weighted by Crippen LogP contribution is 2.34. The third kappa shape index (κ3) is 2.31. The number of aryl methyl sites for hydroxylation is 1. The predicted octanol–water partition coefficient (Wildman–Crippen LogP) is 3.55. The molecule has 0 bridgehead atoms. The van der Waals surface area contributed by atoms with Crippen molar-refractivity contribution >= 4 is 17.4 Å².